The summed E-state index contributed by atoms with van der Waals surface area (Å²) < 4.78 is 6.71. The summed E-state index contributed by atoms with van der Waals surface area (Å²) in [6.45, 7) is 4.23. The molecule has 9 heteroatoms. The minimum Gasteiger partial charge on any atom is -0.497 e. The van der Waals surface area contributed by atoms with Crippen LogP contribution in [0.15, 0.2) is 42.5 Å². The summed E-state index contributed by atoms with van der Waals surface area (Å²) in [6.07, 6.45) is 0.800. The maximum Gasteiger partial charge on any atom is 0.278 e. The van der Waals surface area contributed by atoms with E-state index in [1.165, 1.54) is 6.07 Å². The fraction of sp³-hybridized carbons (Fsp3) is 0.238. The van der Waals surface area contributed by atoms with E-state index in [0.717, 1.165) is 12.1 Å². The first-order valence-corrected chi connectivity index (χ1v) is 9.78. The van der Waals surface area contributed by atoms with Crippen molar-refractivity contribution in [3.05, 3.63) is 64.4 Å². The van der Waals surface area contributed by atoms with Crippen molar-refractivity contribution in [2.45, 2.75) is 20.3 Å². The Hall–Kier alpha value is -3.39. The summed E-state index contributed by atoms with van der Waals surface area (Å²) in [5.41, 5.74) is 2.06. The number of nitrogens with zero attached hydrogens (tertiary/aromatic N) is 3. The van der Waals surface area contributed by atoms with Gasteiger partial charge in [0.2, 0.25) is 0 Å². The maximum absolute atomic E-state index is 12.9. The van der Waals surface area contributed by atoms with E-state index in [2.05, 4.69) is 20.9 Å². The van der Waals surface area contributed by atoms with Gasteiger partial charge in [-0.1, -0.05) is 23.7 Å². The number of methoxy groups -OCH3 is 1. The summed E-state index contributed by atoms with van der Waals surface area (Å²) in [5.74, 6) is -0.0641. The van der Waals surface area contributed by atoms with Gasteiger partial charge in [0.25, 0.3) is 11.8 Å². The highest BCUT2D eigenvalue weighted by Crippen LogP contribution is 2.23. The van der Waals surface area contributed by atoms with Gasteiger partial charge in [0, 0.05) is 11.6 Å². The van der Waals surface area contributed by atoms with Gasteiger partial charge in [-0.2, -0.15) is 0 Å². The van der Waals surface area contributed by atoms with Crippen LogP contribution in [0.5, 0.6) is 5.75 Å². The first-order valence-electron chi connectivity index (χ1n) is 9.40. The standard InChI is InChI=1S/C21H22ClN5O3/c1-4-11-23-20(28)17-10-5-14(22)12-18(17)24-21(29)19-13(2)27(26-25-19)15-6-8-16(30-3)9-7-15/h5-10,12H,4,11H2,1-3H3,(H,23,28)(H,24,29). The highest BCUT2D eigenvalue weighted by Gasteiger charge is 2.20. The quantitative estimate of drug-likeness (QED) is 0.600. The summed E-state index contributed by atoms with van der Waals surface area (Å²) >= 11 is 6.07. The molecule has 2 aromatic carbocycles. The third-order valence-electron chi connectivity index (χ3n) is 4.44. The zero-order valence-electron chi connectivity index (χ0n) is 16.9. The topological polar surface area (TPSA) is 98.1 Å². The van der Waals surface area contributed by atoms with Crippen molar-refractivity contribution in [2.75, 3.05) is 19.0 Å². The average Bonchev–Trinajstić information content (AvgIpc) is 3.13. The van der Waals surface area contributed by atoms with Crippen LogP contribution in [-0.4, -0.2) is 40.5 Å². The van der Waals surface area contributed by atoms with Crippen molar-refractivity contribution in [1.29, 1.82) is 0 Å². The van der Waals surface area contributed by atoms with Crippen LogP contribution in [0.4, 0.5) is 5.69 Å². The molecule has 0 unspecified atom stereocenters. The minimum atomic E-state index is -0.487. The summed E-state index contributed by atoms with van der Waals surface area (Å²) in [4.78, 5) is 25.3. The zero-order chi connectivity index (χ0) is 21.7. The van der Waals surface area contributed by atoms with Gasteiger partial charge >= 0.3 is 0 Å². The maximum atomic E-state index is 12.9. The molecule has 2 amide bonds. The average molecular weight is 428 g/mol. The molecule has 3 rings (SSSR count). The lowest BCUT2D eigenvalue weighted by Crippen LogP contribution is -2.26. The molecule has 0 saturated heterocycles. The lowest BCUT2D eigenvalue weighted by atomic mass is 10.1. The zero-order valence-corrected chi connectivity index (χ0v) is 17.7. The lowest BCUT2D eigenvalue weighted by Gasteiger charge is -2.11. The first kappa shape index (κ1) is 21.3. The van der Waals surface area contributed by atoms with Gasteiger partial charge in [0.1, 0.15) is 5.75 Å². The molecule has 0 aliphatic carbocycles. The second-order valence-corrected chi connectivity index (χ2v) is 6.97. The van der Waals surface area contributed by atoms with Gasteiger partial charge in [0.15, 0.2) is 5.69 Å². The Balaban J connectivity index is 1.85. The fourth-order valence-corrected chi connectivity index (χ4v) is 3.01. The van der Waals surface area contributed by atoms with Gasteiger partial charge in [-0.25, -0.2) is 4.68 Å². The number of hydrogen-bond donors (Lipinski definition) is 2. The van der Waals surface area contributed by atoms with Crippen molar-refractivity contribution in [3.63, 3.8) is 0 Å². The normalized spacial score (nSPS) is 10.5. The van der Waals surface area contributed by atoms with Crippen LogP contribution in [0.1, 0.15) is 39.9 Å². The smallest absolute Gasteiger partial charge is 0.278 e. The number of halogens is 1. The molecular weight excluding hydrogens is 406 g/mol. The van der Waals surface area contributed by atoms with Crippen LogP contribution < -0.4 is 15.4 Å². The van der Waals surface area contributed by atoms with E-state index in [9.17, 15) is 9.59 Å². The molecule has 0 fully saturated rings. The molecule has 0 aliphatic heterocycles. The van der Waals surface area contributed by atoms with Crippen LogP contribution in [0.2, 0.25) is 5.02 Å². The van der Waals surface area contributed by atoms with E-state index < -0.39 is 5.91 Å². The number of carbonyl (C=O) groups excluding carboxylic acids is 2. The fourth-order valence-electron chi connectivity index (χ4n) is 2.84. The molecule has 30 heavy (non-hydrogen) atoms. The number of aromatic nitrogens is 3. The van der Waals surface area contributed by atoms with Gasteiger partial charge in [0.05, 0.1) is 29.7 Å². The molecule has 0 bridgehead atoms. The monoisotopic (exact) mass is 427 g/mol. The Morgan fingerprint density at radius 2 is 1.87 bits per heavy atom. The van der Waals surface area contributed by atoms with Crippen LogP contribution in [-0.2, 0) is 0 Å². The van der Waals surface area contributed by atoms with Crippen molar-refractivity contribution in [3.8, 4) is 11.4 Å². The van der Waals surface area contributed by atoms with Crippen molar-refractivity contribution >= 4 is 29.1 Å². The van der Waals surface area contributed by atoms with Crippen molar-refractivity contribution in [2.24, 2.45) is 0 Å². The molecule has 156 valence electrons. The van der Waals surface area contributed by atoms with E-state index in [1.54, 1.807) is 43.0 Å². The molecule has 1 aromatic heterocycles. The number of benzene rings is 2. The number of amides is 2. The Morgan fingerprint density at radius 1 is 1.13 bits per heavy atom. The Morgan fingerprint density at radius 3 is 2.53 bits per heavy atom. The van der Waals surface area contributed by atoms with Crippen LogP contribution in [0.25, 0.3) is 5.69 Å². The summed E-state index contributed by atoms with van der Waals surface area (Å²) in [5, 5.41) is 14.0. The molecule has 8 nitrogen and oxygen atoms in total. The van der Waals surface area contributed by atoms with Crippen molar-refractivity contribution < 1.29 is 14.3 Å². The van der Waals surface area contributed by atoms with E-state index >= 15 is 0 Å². The first-order chi connectivity index (χ1) is 14.4. The third kappa shape index (κ3) is 4.60. The van der Waals surface area contributed by atoms with E-state index in [4.69, 9.17) is 16.3 Å². The third-order valence-corrected chi connectivity index (χ3v) is 4.67. The van der Waals surface area contributed by atoms with Crippen LogP contribution in [0, 0.1) is 6.92 Å². The molecule has 0 saturated carbocycles. The SMILES string of the molecule is CCCNC(=O)c1ccc(Cl)cc1NC(=O)c1nnn(-c2ccc(OC)cc2)c1C. The number of ether oxygens (including phenoxy) is 1. The van der Waals surface area contributed by atoms with Gasteiger partial charge in [-0.15, -0.1) is 5.10 Å². The number of hydrogen-bond acceptors (Lipinski definition) is 5. The molecule has 2 N–H and O–H groups in total. The Kier molecular flexibility index (Phi) is 6.68. The van der Waals surface area contributed by atoms with Gasteiger partial charge < -0.3 is 15.4 Å². The molecule has 0 aliphatic rings. The Bertz CT molecular complexity index is 1060. The van der Waals surface area contributed by atoms with E-state index in [1.807, 2.05) is 19.1 Å². The second kappa shape index (κ2) is 9.41. The molecule has 0 radical (unpaired) electrons. The predicted octanol–water partition coefficient (Wildman–Crippen LogP) is 3.63. The molecular formula is C21H22ClN5O3. The van der Waals surface area contributed by atoms with Gasteiger partial charge in [-0.3, -0.25) is 9.59 Å². The molecule has 0 atom stereocenters. The van der Waals surface area contributed by atoms with Gasteiger partial charge in [-0.05, 0) is 55.8 Å². The minimum absolute atomic E-state index is 0.144. The largest absolute Gasteiger partial charge is 0.497 e. The summed E-state index contributed by atoms with van der Waals surface area (Å²) in [7, 11) is 1.59. The number of rotatable bonds is 7. The Labute approximate surface area is 179 Å². The number of carbonyl (C=O) groups is 2. The number of anilines is 1. The second-order valence-electron chi connectivity index (χ2n) is 6.53. The highest BCUT2D eigenvalue weighted by molar-refractivity contribution is 6.31. The predicted molar refractivity (Wildman–Crippen MR) is 115 cm³/mol. The summed E-state index contributed by atoms with van der Waals surface area (Å²) in [6, 6.07) is 11.9. The number of nitrogens with one attached hydrogen (secondary N) is 2. The van der Waals surface area contributed by atoms with Crippen LogP contribution >= 0.6 is 11.6 Å². The lowest BCUT2D eigenvalue weighted by molar-refractivity contribution is 0.0954. The molecule has 0 spiro atoms. The highest BCUT2D eigenvalue weighted by atomic mass is 35.5. The van der Waals surface area contributed by atoms with E-state index in [-0.39, 0.29) is 11.6 Å². The van der Waals surface area contributed by atoms with Crippen molar-refractivity contribution in [1.82, 2.24) is 20.3 Å². The van der Waals surface area contributed by atoms with Crippen LogP contribution in [0.3, 0.4) is 0 Å². The molecule has 1 heterocycles. The van der Waals surface area contributed by atoms with E-state index in [0.29, 0.717) is 34.3 Å². The molecule has 3 aromatic rings.